The molecule has 220 valence electrons. The number of furan rings is 1. The summed E-state index contributed by atoms with van der Waals surface area (Å²) in [5, 5.41) is 4.18. The third-order valence-corrected chi connectivity index (χ3v) is 8.42. The van der Waals surface area contributed by atoms with E-state index in [0.29, 0.717) is 23.2 Å². The van der Waals surface area contributed by atoms with Crippen molar-refractivity contribution in [1.29, 1.82) is 0 Å². The highest BCUT2D eigenvalue weighted by Gasteiger charge is 2.18. The van der Waals surface area contributed by atoms with Crippen molar-refractivity contribution in [3.05, 3.63) is 152 Å². The van der Waals surface area contributed by atoms with Gasteiger partial charge in [-0.2, -0.15) is 0 Å². The molecule has 0 aliphatic carbocycles. The predicted molar refractivity (Wildman–Crippen MR) is 187 cm³/mol. The lowest BCUT2D eigenvalue weighted by atomic mass is 9.95. The maximum Gasteiger partial charge on any atom is 0.227 e. The molecule has 47 heavy (non-hydrogen) atoms. The third-order valence-electron chi connectivity index (χ3n) is 8.42. The molecule has 6 nitrogen and oxygen atoms in total. The van der Waals surface area contributed by atoms with Gasteiger partial charge in [-0.1, -0.05) is 127 Å². The van der Waals surface area contributed by atoms with Crippen LogP contribution in [0, 0.1) is 0 Å². The highest BCUT2D eigenvalue weighted by Crippen LogP contribution is 2.38. The maximum atomic E-state index is 6.14. The molecule has 0 bridgehead atoms. The smallest absolute Gasteiger partial charge is 0.227 e. The highest BCUT2D eigenvalue weighted by molar-refractivity contribution is 6.05. The van der Waals surface area contributed by atoms with Crippen molar-refractivity contribution in [1.82, 2.24) is 24.9 Å². The van der Waals surface area contributed by atoms with Crippen LogP contribution in [0.25, 0.3) is 89.5 Å². The van der Waals surface area contributed by atoms with E-state index in [4.69, 9.17) is 29.3 Å². The van der Waals surface area contributed by atoms with Crippen molar-refractivity contribution in [2.24, 2.45) is 0 Å². The Labute approximate surface area is 270 Å². The van der Waals surface area contributed by atoms with E-state index in [9.17, 15) is 0 Å². The average Bonchev–Trinajstić information content (AvgIpc) is 3.53. The first-order valence-corrected chi connectivity index (χ1v) is 15.4. The van der Waals surface area contributed by atoms with E-state index in [1.165, 1.54) is 0 Å². The molecular weight excluding hydrogens is 578 g/mol. The SMILES string of the molecule is c1ccc(-c2nc(-c3ccccc3)nc(-c3ccc(-c4c(-c5ccc6c(n5)oc5ccccc56)ncc5ccccc45)cc3)n2)cc1. The van der Waals surface area contributed by atoms with E-state index in [0.717, 1.165) is 66.3 Å². The number of hydrogen-bond donors (Lipinski definition) is 0. The van der Waals surface area contributed by atoms with E-state index in [2.05, 4.69) is 54.6 Å². The zero-order valence-corrected chi connectivity index (χ0v) is 25.1. The largest absolute Gasteiger partial charge is 0.438 e. The first kappa shape index (κ1) is 26.8. The molecule has 0 aliphatic heterocycles. The van der Waals surface area contributed by atoms with E-state index >= 15 is 0 Å². The Hall–Kier alpha value is -6.53. The molecule has 0 aliphatic rings. The summed E-state index contributed by atoms with van der Waals surface area (Å²) in [5.74, 6) is 1.87. The molecule has 0 unspecified atom stereocenters. The van der Waals surface area contributed by atoms with Gasteiger partial charge in [0, 0.05) is 44.6 Å². The minimum Gasteiger partial charge on any atom is -0.438 e. The Morgan fingerprint density at radius 1 is 0.404 bits per heavy atom. The molecule has 0 radical (unpaired) electrons. The molecule has 0 saturated heterocycles. The number of hydrogen-bond acceptors (Lipinski definition) is 6. The summed E-state index contributed by atoms with van der Waals surface area (Å²) >= 11 is 0. The van der Waals surface area contributed by atoms with Gasteiger partial charge in [0.1, 0.15) is 5.58 Å². The van der Waals surface area contributed by atoms with Gasteiger partial charge in [0.05, 0.1) is 11.4 Å². The van der Waals surface area contributed by atoms with Crippen LogP contribution >= 0.6 is 0 Å². The number of pyridine rings is 2. The molecule has 0 N–H and O–H groups in total. The fraction of sp³-hybridized carbons (Fsp3) is 0. The van der Waals surface area contributed by atoms with Crippen LogP contribution in [0.4, 0.5) is 0 Å². The van der Waals surface area contributed by atoms with Gasteiger partial charge < -0.3 is 4.42 Å². The summed E-state index contributed by atoms with van der Waals surface area (Å²) in [6.45, 7) is 0. The Balaban J connectivity index is 1.18. The van der Waals surface area contributed by atoms with E-state index in [1.807, 2.05) is 97.2 Å². The van der Waals surface area contributed by atoms with Crippen molar-refractivity contribution < 1.29 is 4.42 Å². The fourth-order valence-electron chi connectivity index (χ4n) is 6.11. The van der Waals surface area contributed by atoms with Crippen molar-refractivity contribution >= 4 is 32.8 Å². The van der Waals surface area contributed by atoms with Crippen LogP contribution < -0.4 is 0 Å². The molecule has 0 saturated carbocycles. The topological polar surface area (TPSA) is 77.6 Å². The lowest BCUT2D eigenvalue weighted by Gasteiger charge is -2.13. The zero-order valence-electron chi connectivity index (χ0n) is 25.1. The highest BCUT2D eigenvalue weighted by atomic mass is 16.3. The molecule has 0 atom stereocenters. The normalized spacial score (nSPS) is 11.4. The van der Waals surface area contributed by atoms with Crippen LogP contribution in [-0.2, 0) is 0 Å². The van der Waals surface area contributed by atoms with Gasteiger partial charge in [-0.15, -0.1) is 0 Å². The Bertz CT molecular complexity index is 2500. The zero-order chi connectivity index (χ0) is 31.2. The Morgan fingerprint density at radius 2 is 0.957 bits per heavy atom. The first-order valence-electron chi connectivity index (χ1n) is 15.4. The summed E-state index contributed by atoms with van der Waals surface area (Å²) in [4.78, 5) is 24.6. The molecule has 4 heterocycles. The van der Waals surface area contributed by atoms with Crippen molar-refractivity contribution in [2.75, 3.05) is 0 Å². The average molecular weight is 604 g/mol. The van der Waals surface area contributed by atoms with E-state index in [1.54, 1.807) is 0 Å². The quantitative estimate of drug-likeness (QED) is 0.195. The van der Waals surface area contributed by atoms with Crippen molar-refractivity contribution in [2.45, 2.75) is 0 Å². The third kappa shape index (κ3) is 4.80. The van der Waals surface area contributed by atoms with Gasteiger partial charge in [-0.3, -0.25) is 4.98 Å². The lowest BCUT2D eigenvalue weighted by Crippen LogP contribution is -2.00. The lowest BCUT2D eigenvalue weighted by molar-refractivity contribution is 0.654. The van der Waals surface area contributed by atoms with Gasteiger partial charge in [-0.25, -0.2) is 19.9 Å². The molecular formula is C41H25N5O. The summed E-state index contributed by atoms with van der Waals surface area (Å²) in [6, 6.07) is 48.8. The molecule has 0 spiro atoms. The summed E-state index contributed by atoms with van der Waals surface area (Å²) in [7, 11) is 0. The fourth-order valence-corrected chi connectivity index (χ4v) is 6.11. The van der Waals surface area contributed by atoms with E-state index < -0.39 is 0 Å². The van der Waals surface area contributed by atoms with Crippen LogP contribution in [-0.4, -0.2) is 24.9 Å². The molecule has 6 heteroatoms. The number of para-hydroxylation sites is 1. The number of aromatic nitrogens is 5. The van der Waals surface area contributed by atoms with Crippen LogP contribution in [0.5, 0.6) is 0 Å². The molecule has 9 rings (SSSR count). The molecule has 4 aromatic heterocycles. The van der Waals surface area contributed by atoms with Crippen LogP contribution in [0.2, 0.25) is 0 Å². The second kappa shape index (κ2) is 11.1. The minimum atomic E-state index is 0.596. The van der Waals surface area contributed by atoms with Gasteiger partial charge in [-0.05, 0) is 29.1 Å². The van der Waals surface area contributed by atoms with E-state index in [-0.39, 0.29) is 0 Å². The second-order valence-electron chi connectivity index (χ2n) is 11.3. The van der Waals surface area contributed by atoms with Crippen LogP contribution in [0.15, 0.2) is 156 Å². The molecule has 0 fully saturated rings. The summed E-state index contributed by atoms with van der Waals surface area (Å²) in [5.41, 5.74) is 7.73. The molecule has 5 aromatic carbocycles. The monoisotopic (exact) mass is 603 g/mol. The van der Waals surface area contributed by atoms with Crippen LogP contribution in [0.3, 0.4) is 0 Å². The standard InChI is InChI=1S/C41H25N5O/c1-3-11-27(12-4-1)38-44-39(28-13-5-2-6-14-28)46-40(45-38)29-21-19-26(20-22-29)36-31-16-8-7-15-30(31)25-42-37(36)34-24-23-33-32-17-9-10-18-35(32)47-41(33)43-34/h1-25H. The molecule has 0 amide bonds. The number of rotatable bonds is 5. The van der Waals surface area contributed by atoms with Crippen molar-refractivity contribution in [3.8, 4) is 56.7 Å². The van der Waals surface area contributed by atoms with Gasteiger partial charge in [0.15, 0.2) is 17.5 Å². The van der Waals surface area contributed by atoms with Gasteiger partial charge >= 0.3 is 0 Å². The maximum absolute atomic E-state index is 6.14. The minimum absolute atomic E-state index is 0.596. The predicted octanol–water partition coefficient (Wildman–Crippen LogP) is 10.0. The van der Waals surface area contributed by atoms with Crippen LogP contribution in [0.1, 0.15) is 0 Å². The Kier molecular flexibility index (Phi) is 6.35. The summed E-state index contributed by atoms with van der Waals surface area (Å²) in [6.07, 6.45) is 1.91. The van der Waals surface area contributed by atoms with Gasteiger partial charge in [0.2, 0.25) is 5.71 Å². The number of fused-ring (bicyclic) bond motifs is 4. The first-order chi connectivity index (χ1) is 23.3. The number of nitrogens with zero attached hydrogens (tertiary/aromatic N) is 5. The molecule has 9 aromatic rings. The number of benzene rings is 5. The second-order valence-corrected chi connectivity index (χ2v) is 11.3. The van der Waals surface area contributed by atoms with Gasteiger partial charge in [0.25, 0.3) is 0 Å². The van der Waals surface area contributed by atoms with Crippen molar-refractivity contribution in [3.63, 3.8) is 0 Å². The Morgan fingerprint density at radius 3 is 1.64 bits per heavy atom. The summed E-state index contributed by atoms with van der Waals surface area (Å²) < 4.78 is 6.14.